The summed E-state index contributed by atoms with van der Waals surface area (Å²) >= 11 is 5.78. The van der Waals surface area contributed by atoms with Crippen LogP contribution in [-0.2, 0) is 0 Å². The van der Waals surface area contributed by atoms with Crippen molar-refractivity contribution in [1.29, 1.82) is 5.26 Å². The molecule has 8 heteroatoms. The lowest BCUT2D eigenvalue weighted by Gasteiger charge is -2.02. The molecule has 0 amide bonds. The third-order valence-electron chi connectivity index (χ3n) is 3.47. The highest BCUT2D eigenvalue weighted by molar-refractivity contribution is 6.32. The molecule has 0 aliphatic rings. The van der Waals surface area contributed by atoms with Gasteiger partial charge in [-0.05, 0) is 29.8 Å². The molecule has 122 valence electrons. The largest absolute Gasteiger partial charge is 0.305 e. The van der Waals surface area contributed by atoms with Crippen molar-refractivity contribution in [3.05, 3.63) is 79.3 Å². The third-order valence-corrected chi connectivity index (χ3v) is 3.79. The molecule has 25 heavy (non-hydrogen) atoms. The summed E-state index contributed by atoms with van der Waals surface area (Å²) in [6, 6.07) is 12.8. The van der Waals surface area contributed by atoms with E-state index < -0.39 is 4.92 Å². The van der Waals surface area contributed by atoms with Gasteiger partial charge in [-0.1, -0.05) is 29.8 Å². The molecule has 0 atom stereocenters. The highest BCUT2D eigenvalue weighted by atomic mass is 35.5. The number of nitro groups is 1. The Bertz CT molecular complexity index is 1130. The molecule has 0 aliphatic carbocycles. The van der Waals surface area contributed by atoms with Gasteiger partial charge >= 0.3 is 0 Å². The second-order valence-corrected chi connectivity index (χ2v) is 5.48. The van der Waals surface area contributed by atoms with E-state index in [1.165, 1.54) is 24.3 Å². The van der Waals surface area contributed by atoms with Gasteiger partial charge in [0.2, 0.25) is 0 Å². The highest BCUT2D eigenvalue weighted by Gasteiger charge is 2.13. The molecule has 3 aromatic rings. The van der Waals surface area contributed by atoms with Gasteiger partial charge in [-0.3, -0.25) is 14.9 Å². The molecule has 0 aliphatic heterocycles. The molecule has 1 N–H and O–H groups in total. The number of aromatic amines is 1. The lowest BCUT2D eigenvalue weighted by atomic mass is 10.1. The van der Waals surface area contributed by atoms with Gasteiger partial charge in [-0.25, -0.2) is 4.98 Å². The zero-order valence-corrected chi connectivity index (χ0v) is 13.3. The minimum absolute atomic E-state index is 0.00195. The lowest BCUT2D eigenvalue weighted by Crippen LogP contribution is -2.11. The molecule has 0 radical (unpaired) electrons. The van der Waals surface area contributed by atoms with Gasteiger partial charge in [0, 0.05) is 6.07 Å². The Kier molecular flexibility index (Phi) is 4.29. The predicted octanol–water partition coefficient (Wildman–Crippen LogP) is 3.55. The SMILES string of the molecule is N#C/C(=C/c1ccc(Cl)c([N+](=O)[O-])c1)c1nc2ccccc2c(=O)[nH]1. The molecule has 0 fully saturated rings. The summed E-state index contributed by atoms with van der Waals surface area (Å²) in [5, 5.41) is 20.8. The van der Waals surface area contributed by atoms with Crippen LogP contribution in [0.4, 0.5) is 5.69 Å². The number of para-hydroxylation sites is 1. The van der Waals surface area contributed by atoms with E-state index in [4.69, 9.17) is 11.6 Å². The van der Waals surface area contributed by atoms with Gasteiger partial charge in [-0.15, -0.1) is 0 Å². The number of aromatic nitrogens is 2. The number of nitrogens with one attached hydrogen (secondary N) is 1. The topological polar surface area (TPSA) is 113 Å². The van der Waals surface area contributed by atoms with Crippen molar-refractivity contribution in [3.8, 4) is 6.07 Å². The van der Waals surface area contributed by atoms with Gasteiger partial charge < -0.3 is 4.98 Å². The van der Waals surface area contributed by atoms with Crippen molar-refractivity contribution in [2.75, 3.05) is 0 Å². The Morgan fingerprint density at radius 1 is 1.32 bits per heavy atom. The predicted molar refractivity (Wildman–Crippen MR) is 94.0 cm³/mol. The van der Waals surface area contributed by atoms with Crippen molar-refractivity contribution >= 4 is 39.8 Å². The first-order valence-corrected chi connectivity index (χ1v) is 7.42. The Labute approximate surface area is 146 Å². The third kappa shape index (κ3) is 3.24. The number of hydrogen-bond acceptors (Lipinski definition) is 5. The van der Waals surface area contributed by atoms with E-state index in [0.29, 0.717) is 16.5 Å². The molecule has 2 aromatic carbocycles. The van der Waals surface area contributed by atoms with Crippen LogP contribution in [-0.4, -0.2) is 14.9 Å². The number of hydrogen-bond donors (Lipinski definition) is 1. The van der Waals surface area contributed by atoms with E-state index in [1.807, 2.05) is 6.07 Å². The van der Waals surface area contributed by atoms with Gasteiger partial charge in [-0.2, -0.15) is 5.26 Å². The van der Waals surface area contributed by atoms with Crippen LogP contribution >= 0.6 is 11.6 Å². The van der Waals surface area contributed by atoms with E-state index in [9.17, 15) is 20.2 Å². The van der Waals surface area contributed by atoms with Crippen molar-refractivity contribution in [2.24, 2.45) is 0 Å². The lowest BCUT2D eigenvalue weighted by molar-refractivity contribution is -0.384. The maximum Gasteiger partial charge on any atom is 0.288 e. The summed E-state index contributed by atoms with van der Waals surface area (Å²) in [5.41, 5.74) is 0.268. The van der Waals surface area contributed by atoms with E-state index in [0.717, 1.165) is 0 Å². The van der Waals surface area contributed by atoms with Crippen LogP contribution in [0.2, 0.25) is 5.02 Å². The Morgan fingerprint density at radius 2 is 2.08 bits per heavy atom. The van der Waals surface area contributed by atoms with Crippen LogP contribution in [0, 0.1) is 21.4 Å². The smallest absolute Gasteiger partial charge is 0.288 e. The molecular weight excluding hydrogens is 344 g/mol. The normalized spacial score (nSPS) is 11.3. The number of rotatable bonds is 3. The van der Waals surface area contributed by atoms with Crippen molar-refractivity contribution in [3.63, 3.8) is 0 Å². The van der Waals surface area contributed by atoms with E-state index in [1.54, 1.807) is 24.3 Å². The monoisotopic (exact) mass is 352 g/mol. The fraction of sp³-hybridized carbons (Fsp3) is 0. The first kappa shape index (κ1) is 16.4. The van der Waals surface area contributed by atoms with Crippen LogP contribution in [0.15, 0.2) is 47.3 Å². The maximum absolute atomic E-state index is 12.1. The van der Waals surface area contributed by atoms with Crippen molar-refractivity contribution in [2.45, 2.75) is 0 Å². The molecular formula is C17H9ClN4O3. The standard InChI is InChI=1S/C17H9ClN4O3/c18-13-6-5-10(8-15(13)22(24)25)7-11(9-19)16-20-14-4-2-1-3-12(14)17(23)21-16/h1-8H,(H,20,21,23)/b11-7-. The number of fused-ring (bicyclic) bond motifs is 1. The number of nitriles is 1. The van der Waals surface area contributed by atoms with Gasteiger partial charge in [0.15, 0.2) is 5.82 Å². The van der Waals surface area contributed by atoms with Crippen LogP contribution in [0.25, 0.3) is 22.6 Å². The Hall–Kier alpha value is -3.50. The quantitative estimate of drug-likeness (QED) is 0.440. The first-order chi connectivity index (χ1) is 12.0. The summed E-state index contributed by atoms with van der Waals surface area (Å²) < 4.78 is 0. The van der Waals surface area contributed by atoms with Crippen molar-refractivity contribution < 1.29 is 4.92 Å². The molecule has 0 saturated carbocycles. The Morgan fingerprint density at radius 3 is 2.80 bits per heavy atom. The van der Waals surface area contributed by atoms with Gasteiger partial charge in [0.1, 0.15) is 11.1 Å². The van der Waals surface area contributed by atoms with Crippen molar-refractivity contribution in [1.82, 2.24) is 9.97 Å². The molecule has 1 aromatic heterocycles. The Balaban J connectivity index is 2.14. The molecule has 0 saturated heterocycles. The fourth-order valence-electron chi connectivity index (χ4n) is 2.29. The summed E-state index contributed by atoms with van der Waals surface area (Å²) in [6.07, 6.45) is 1.40. The molecule has 1 heterocycles. The fourth-order valence-corrected chi connectivity index (χ4v) is 2.48. The summed E-state index contributed by atoms with van der Waals surface area (Å²) in [6.45, 7) is 0. The van der Waals surface area contributed by atoms with E-state index in [2.05, 4.69) is 9.97 Å². The zero-order chi connectivity index (χ0) is 18.0. The van der Waals surface area contributed by atoms with E-state index in [-0.39, 0.29) is 27.7 Å². The molecule has 0 bridgehead atoms. The molecule has 0 unspecified atom stereocenters. The summed E-state index contributed by atoms with van der Waals surface area (Å²) in [4.78, 5) is 29.3. The number of benzene rings is 2. The molecule has 7 nitrogen and oxygen atoms in total. The average Bonchev–Trinajstić information content (AvgIpc) is 2.60. The maximum atomic E-state index is 12.1. The molecule has 3 rings (SSSR count). The first-order valence-electron chi connectivity index (χ1n) is 7.05. The number of halogens is 1. The number of H-pyrrole nitrogens is 1. The highest BCUT2D eigenvalue weighted by Crippen LogP contribution is 2.26. The van der Waals surface area contributed by atoms with Crippen LogP contribution in [0.5, 0.6) is 0 Å². The van der Waals surface area contributed by atoms with E-state index >= 15 is 0 Å². The average molecular weight is 353 g/mol. The van der Waals surface area contributed by atoms with Crippen LogP contribution in [0.3, 0.4) is 0 Å². The number of nitro benzene ring substituents is 1. The number of allylic oxidation sites excluding steroid dienone is 1. The summed E-state index contributed by atoms with van der Waals surface area (Å²) in [5.74, 6) is 0.0869. The number of nitrogens with zero attached hydrogens (tertiary/aromatic N) is 3. The zero-order valence-electron chi connectivity index (χ0n) is 12.6. The minimum atomic E-state index is -0.609. The van der Waals surface area contributed by atoms with Gasteiger partial charge in [0.05, 0.1) is 21.4 Å². The summed E-state index contributed by atoms with van der Waals surface area (Å²) in [7, 11) is 0. The molecule has 0 spiro atoms. The van der Waals surface area contributed by atoms with Gasteiger partial charge in [0.25, 0.3) is 11.2 Å². The minimum Gasteiger partial charge on any atom is -0.305 e. The van der Waals surface area contributed by atoms with Crippen LogP contribution < -0.4 is 5.56 Å². The second kappa shape index (κ2) is 6.55. The second-order valence-electron chi connectivity index (χ2n) is 5.07. The van der Waals surface area contributed by atoms with Crippen LogP contribution in [0.1, 0.15) is 11.4 Å².